The van der Waals surface area contributed by atoms with E-state index in [-0.39, 0.29) is 23.9 Å². The summed E-state index contributed by atoms with van der Waals surface area (Å²) >= 11 is 1.32. The van der Waals surface area contributed by atoms with Gasteiger partial charge in [-0.05, 0) is 54.3 Å². The Balaban J connectivity index is 1.39. The van der Waals surface area contributed by atoms with Gasteiger partial charge < -0.3 is 19.5 Å². The van der Waals surface area contributed by atoms with E-state index in [4.69, 9.17) is 14.2 Å². The minimum atomic E-state index is -0.161. The fourth-order valence-corrected chi connectivity index (χ4v) is 4.81. The Kier molecular flexibility index (Phi) is 7.28. The van der Waals surface area contributed by atoms with Gasteiger partial charge >= 0.3 is 0 Å². The lowest BCUT2D eigenvalue weighted by molar-refractivity contribution is -0.113. The Morgan fingerprint density at radius 1 is 1.00 bits per heavy atom. The maximum absolute atomic E-state index is 12.8. The topological polar surface area (TPSA) is 87.5 Å². The van der Waals surface area contributed by atoms with Gasteiger partial charge in [-0.25, -0.2) is 0 Å². The highest BCUT2D eigenvalue weighted by Crippen LogP contribution is 2.35. The first-order valence-electron chi connectivity index (χ1n) is 12.4. The molecule has 0 bridgehead atoms. The van der Waals surface area contributed by atoms with Gasteiger partial charge in [0.2, 0.25) is 12.7 Å². The zero-order valence-electron chi connectivity index (χ0n) is 21.9. The van der Waals surface area contributed by atoms with Gasteiger partial charge in [0, 0.05) is 23.0 Å². The molecule has 0 fully saturated rings. The molecule has 38 heavy (non-hydrogen) atoms. The maximum Gasteiger partial charge on any atom is 0.234 e. The van der Waals surface area contributed by atoms with Crippen LogP contribution in [0.5, 0.6) is 17.2 Å². The Morgan fingerprint density at radius 2 is 1.74 bits per heavy atom. The van der Waals surface area contributed by atoms with Crippen molar-refractivity contribution in [2.75, 3.05) is 24.5 Å². The van der Waals surface area contributed by atoms with Crippen LogP contribution in [0.2, 0.25) is 0 Å². The molecule has 4 aromatic rings. The number of hydrogen-bond acceptors (Lipinski definition) is 7. The summed E-state index contributed by atoms with van der Waals surface area (Å²) in [5.74, 6) is 2.78. The van der Waals surface area contributed by atoms with E-state index in [0.29, 0.717) is 34.8 Å². The number of carbonyl (C=O) groups excluding carboxylic acids is 1. The predicted molar refractivity (Wildman–Crippen MR) is 149 cm³/mol. The van der Waals surface area contributed by atoms with Crippen molar-refractivity contribution in [1.82, 2.24) is 14.8 Å². The highest BCUT2D eigenvalue weighted by Gasteiger charge is 2.20. The van der Waals surface area contributed by atoms with Crippen molar-refractivity contribution >= 4 is 23.4 Å². The Morgan fingerprint density at radius 3 is 2.45 bits per heavy atom. The highest BCUT2D eigenvalue weighted by atomic mass is 32.2. The second-order valence-electron chi connectivity index (χ2n) is 9.80. The maximum atomic E-state index is 12.8. The third-order valence-corrected chi connectivity index (χ3v) is 6.97. The van der Waals surface area contributed by atoms with Crippen LogP contribution in [-0.2, 0) is 10.2 Å². The first-order chi connectivity index (χ1) is 18.3. The van der Waals surface area contributed by atoms with E-state index >= 15 is 0 Å². The number of thioether (sulfide) groups is 1. The molecule has 1 N–H and O–H groups in total. The van der Waals surface area contributed by atoms with Gasteiger partial charge in [-0.1, -0.05) is 56.8 Å². The summed E-state index contributed by atoms with van der Waals surface area (Å²) < 4.78 is 18.3. The Bertz CT molecular complexity index is 1430. The van der Waals surface area contributed by atoms with Crippen LogP contribution in [0.25, 0.3) is 17.1 Å². The SMILES string of the molecule is CCOc1ccc(-n2c(SCC(=O)Nc3ccc4c(c3)OCO4)nnc2-c2ccc(C(C)(C)C)cc2)cc1. The van der Waals surface area contributed by atoms with E-state index in [1.54, 1.807) is 18.2 Å². The number of aromatic nitrogens is 3. The molecule has 0 saturated carbocycles. The second kappa shape index (κ2) is 10.8. The number of amides is 1. The van der Waals surface area contributed by atoms with Crippen molar-refractivity contribution in [3.63, 3.8) is 0 Å². The van der Waals surface area contributed by atoms with Crippen LogP contribution in [0.15, 0.2) is 71.9 Å². The second-order valence-corrected chi connectivity index (χ2v) is 10.7. The molecule has 0 saturated heterocycles. The van der Waals surface area contributed by atoms with Gasteiger partial charge in [-0.3, -0.25) is 9.36 Å². The van der Waals surface area contributed by atoms with Crippen LogP contribution in [0, 0.1) is 0 Å². The molecule has 1 aliphatic heterocycles. The number of ether oxygens (including phenoxy) is 3. The van der Waals surface area contributed by atoms with Crippen molar-refractivity contribution < 1.29 is 19.0 Å². The normalized spacial score (nSPS) is 12.4. The van der Waals surface area contributed by atoms with Crippen LogP contribution in [0.1, 0.15) is 33.3 Å². The van der Waals surface area contributed by atoms with E-state index in [0.717, 1.165) is 17.0 Å². The summed E-state index contributed by atoms with van der Waals surface area (Å²) in [7, 11) is 0. The average Bonchev–Trinajstić information content (AvgIpc) is 3.54. The van der Waals surface area contributed by atoms with Crippen molar-refractivity contribution in [1.29, 1.82) is 0 Å². The van der Waals surface area contributed by atoms with Gasteiger partial charge in [0.25, 0.3) is 0 Å². The molecular weight excluding hydrogens is 500 g/mol. The molecule has 0 radical (unpaired) electrons. The van der Waals surface area contributed by atoms with Gasteiger partial charge in [-0.2, -0.15) is 0 Å². The minimum Gasteiger partial charge on any atom is -0.494 e. The molecule has 0 unspecified atom stereocenters. The molecule has 3 aromatic carbocycles. The molecule has 8 nitrogen and oxygen atoms in total. The average molecular weight is 531 g/mol. The summed E-state index contributed by atoms with van der Waals surface area (Å²) in [5, 5.41) is 12.5. The van der Waals surface area contributed by atoms with Crippen LogP contribution in [0.4, 0.5) is 5.69 Å². The predicted octanol–water partition coefficient (Wildman–Crippen LogP) is 6.09. The zero-order chi connectivity index (χ0) is 26.7. The number of carbonyl (C=O) groups is 1. The summed E-state index contributed by atoms with van der Waals surface area (Å²) in [5.41, 5.74) is 3.76. The van der Waals surface area contributed by atoms with Gasteiger partial charge in [0.1, 0.15) is 5.75 Å². The molecule has 1 aromatic heterocycles. The van der Waals surface area contributed by atoms with Crippen LogP contribution in [0.3, 0.4) is 0 Å². The third kappa shape index (κ3) is 5.62. The molecule has 5 rings (SSSR count). The van der Waals surface area contributed by atoms with Crippen molar-refractivity contribution in [2.24, 2.45) is 0 Å². The lowest BCUT2D eigenvalue weighted by Gasteiger charge is -2.19. The number of anilines is 1. The van der Waals surface area contributed by atoms with E-state index in [1.807, 2.05) is 35.8 Å². The fraction of sp³-hybridized carbons (Fsp3) is 0.276. The first-order valence-corrected chi connectivity index (χ1v) is 13.4. The number of fused-ring (bicyclic) bond motifs is 1. The standard InChI is InChI=1S/C29H30N4O4S/c1-5-35-23-13-11-22(12-14-23)33-27(19-6-8-20(9-7-19)29(2,3)4)31-32-28(33)38-17-26(34)30-21-10-15-24-25(16-21)37-18-36-24/h6-16H,5,17-18H2,1-4H3,(H,30,34). The largest absolute Gasteiger partial charge is 0.494 e. The molecule has 1 amide bonds. The Hall–Kier alpha value is -3.98. The molecule has 0 aliphatic carbocycles. The molecular formula is C29H30N4O4S. The lowest BCUT2D eigenvalue weighted by Crippen LogP contribution is -2.14. The van der Waals surface area contributed by atoms with Crippen molar-refractivity contribution in [2.45, 2.75) is 38.3 Å². The van der Waals surface area contributed by atoms with Crippen LogP contribution >= 0.6 is 11.8 Å². The number of nitrogens with zero attached hydrogens (tertiary/aromatic N) is 3. The van der Waals surface area contributed by atoms with E-state index in [2.05, 4.69) is 60.6 Å². The van der Waals surface area contributed by atoms with Gasteiger partial charge in [0.15, 0.2) is 22.5 Å². The number of hydrogen-bond donors (Lipinski definition) is 1. The summed E-state index contributed by atoms with van der Waals surface area (Å²) in [4.78, 5) is 12.8. The number of benzene rings is 3. The van der Waals surface area contributed by atoms with E-state index in [1.165, 1.54) is 17.3 Å². The molecule has 196 valence electrons. The molecule has 0 spiro atoms. The smallest absolute Gasteiger partial charge is 0.234 e. The molecule has 0 atom stereocenters. The summed E-state index contributed by atoms with van der Waals surface area (Å²) in [6.45, 7) is 9.30. The van der Waals surface area contributed by atoms with E-state index < -0.39 is 0 Å². The quantitative estimate of drug-likeness (QED) is 0.276. The summed E-state index contributed by atoms with van der Waals surface area (Å²) in [6, 6.07) is 21.5. The van der Waals surface area contributed by atoms with Crippen LogP contribution in [-0.4, -0.2) is 39.8 Å². The molecule has 1 aliphatic rings. The monoisotopic (exact) mass is 530 g/mol. The summed E-state index contributed by atoms with van der Waals surface area (Å²) in [6.07, 6.45) is 0. The minimum absolute atomic E-state index is 0.0493. The third-order valence-electron chi connectivity index (χ3n) is 6.04. The highest BCUT2D eigenvalue weighted by molar-refractivity contribution is 7.99. The first kappa shape index (κ1) is 25.7. The van der Waals surface area contributed by atoms with Crippen molar-refractivity contribution in [3.8, 4) is 34.3 Å². The molecule has 9 heteroatoms. The van der Waals surface area contributed by atoms with Gasteiger partial charge in [0.05, 0.1) is 12.4 Å². The van der Waals surface area contributed by atoms with Gasteiger partial charge in [-0.15, -0.1) is 10.2 Å². The molecule has 2 heterocycles. The van der Waals surface area contributed by atoms with Crippen molar-refractivity contribution in [3.05, 3.63) is 72.3 Å². The lowest BCUT2D eigenvalue weighted by atomic mass is 9.87. The Labute approximate surface area is 226 Å². The van der Waals surface area contributed by atoms with Crippen LogP contribution < -0.4 is 19.5 Å². The number of rotatable bonds is 8. The zero-order valence-corrected chi connectivity index (χ0v) is 22.7. The fourth-order valence-electron chi connectivity index (χ4n) is 4.06. The van der Waals surface area contributed by atoms with E-state index in [9.17, 15) is 4.79 Å². The number of nitrogens with one attached hydrogen (secondary N) is 1.